The van der Waals surface area contributed by atoms with Gasteiger partial charge in [0, 0.05) is 6.54 Å². The molecule has 186 valence electrons. The largest absolute Gasteiger partial charge is 0.461 e. The molecule has 4 heterocycles. The van der Waals surface area contributed by atoms with Crippen molar-refractivity contribution >= 4 is 35.1 Å². The number of rotatable bonds is 4. The molecule has 2 saturated heterocycles. The Kier molecular flexibility index (Phi) is 6.02. The molecule has 1 aromatic rings. The van der Waals surface area contributed by atoms with Gasteiger partial charge in [0.1, 0.15) is 24.2 Å². The van der Waals surface area contributed by atoms with Crippen molar-refractivity contribution in [3.05, 3.63) is 53.1 Å². The van der Waals surface area contributed by atoms with Gasteiger partial charge < -0.3 is 24.4 Å². The van der Waals surface area contributed by atoms with Crippen LogP contribution in [0, 0.1) is 24.7 Å². The molecule has 5 rings (SSSR count). The number of hydrogen-bond donors (Lipinski definition) is 1. The number of aliphatic hydroxyl groups is 1. The third kappa shape index (κ3) is 3.45. The Bertz CT molecular complexity index is 1110. The van der Waals surface area contributed by atoms with Crippen molar-refractivity contribution in [1.29, 1.82) is 0 Å². The van der Waals surface area contributed by atoms with Crippen LogP contribution in [0.1, 0.15) is 19.4 Å². The summed E-state index contributed by atoms with van der Waals surface area (Å²) in [5.41, 5.74) is -0.00121. The van der Waals surface area contributed by atoms with Gasteiger partial charge in [-0.05, 0) is 30.5 Å². The van der Waals surface area contributed by atoms with Gasteiger partial charge in [0.15, 0.2) is 0 Å². The highest BCUT2D eigenvalue weighted by molar-refractivity contribution is 6.34. The molecule has 0 radical (unpaired) electrons. The van der Waals surface area contributed by atoms with Crippen molar-refractivity contribution in [3.63, 3.8) is 0 Å². The fourth-order valence-electron chi connectivity index (χ4n) is 6.05. The van der Waals surface area contributed by atoms with Crippen LogP contribution in [0.3, 0.4) is 0 Å². The van der Waals surface area contributed by atoms with E-state index in [1.807, 2.05) is 32.9 Å². The van der Waals surface area contributed by atoms with Gasteiger partial charge in [-0.3, -0.25) is 14.4 Å². The number of hydrogen-bond acceptors (Lipinski definition) is 6. The maximum absolute atomic E-state index is 14.4. The van der Waals surface area contributed by atoms with E-state index in [1.165, 1.54) is 4.90 Å². The van der Waals surface area contributed by atoms with E-state index in [1.54, 1.807) is 35.3 Å². The van der Waals surface area contributed by atoms with Crippen molar-refractivity contribution in [2.75, 3.05) is 24.7 Å². The number of carbonyl (C=O) groups is 3. The molecule has 35 heavy (non-hydrogen) atoms. The minimum absolute atomic E-state index is 0.107. The molecule has 4 aliphatic rings. The maximum atomic E-state index is 14.4. The van der Waals surface area contributed by atoms with Crippen molar-refractivity contribution in [1.82, 2.24) is 4.90 Å². The lowest BCUT2D eigenvalue weighted by Crippen LogP contribution is -2.59. The highest BCUT2D eigenvalue weighted by atomic mass is 35.5. The molecule has 9 heteroatoms. The van der Waals surface area contributed by atoms with Gasteiger partial charge in [0.25, 0.3) is 5.91 Å². The zero-order chi connectivity index (χ0) is 25.1. The fourth-order valence-corrected chi connectivity index (χ4v) is 6.38. The average Bonchev–Trinajstić information content (AvgIpc) is 3.10. The Balaban J connectivity index is 1.69. The number of aliphatic hydroxyl groups excluding tert-OH is 1. The third-order valence-electron chi connectivity index (χ3n) is 7.62. The van der Waals surface area contributed by atoms with Crippen molar-refractivity contribution in [3.8, 4) is 0 Å². The Morgan fingerprint density at radius 1 is 1.20 bits per heavy atom. The van der Waals surface area contributed by atoms with E-state index in [4.69, 9.17) is 21.1 Å². The topological polar surface area (TPSA) is 96.4 Å². The summed E-state index contributed by atoms with van der Waals surface area (Å²) < 4.78 is 11.8. The zero-order valence-corrected chi connectivity index (χ0v) is 20.6. The summed E-state index contributed by atoms with van der Waals surface area (Å²) in [5, 5.41) is 10.7. The number of cyclic esters (lactones) is 1. The zero-order valence-electron chi connectivity index (χ0n) is 19.9. The second kappa shape index (κ2) is 8.76. The number of esters is 1. The van der Waals surface area contributed by atoms with Gasteiger partial charge in [-0.15, -0.1) is 0 Å². The first kappa shape index (κ1) is 24.0. The van der Waals surface area contributed by atoms with E-state index >= 15 is 0 Å². The summed E-state index contributed by atoms with van der Waals surface area (Å²) >= 11 is 6.54. The second-order valence-corrected chi connectivity index (χ2v) is 10.3. The van der Waals surface area contributed by atoms with Gasteiger partial charge >= 0.3 is 5.97 Å². The number of nitrogens with zero attached hydrogens (tertiary/aromatic N) is 2. The van der Waals surface area contributed by atoms with Crippen LogP contribution in [-0.4, -0.2) is 71.3 Å². The van der Waals surface area contributed by atoms with E-state index in [0.29, 0.717) is 10.7 Å². The lowest BCUT2D eigenvalue weighted by Gasteiger charge is -2.40. The molecule has 0 saturated carbocycles. The minimum Gasteiger partial charge on any atom is -0.461 e. The number of para-hydroxylation sites is 1. The molecule has 0 bridgehead atoms. The van der Waals surface area contributed by atoms with E-state index in [2.05, 4.69) is 0 Å². The maximum Gasteiger partial charge on any atom is 0.313 e. The first-order valence-corrected chi connectivity index (χ1v) is 12.3. The predicted octanol–water partition coefficient (Wildman–Crippen LogP) is 2.26. The molecule has 1 N–H and O–H groups in total. The van der Waals surface area contributed by atoms with E-state index in [9.17, 15) is 19.5 Å². The molecule has 0 aromatic heterocycles. The van der Waals surface area contributed by atoms with Crippen LogP contribution in [0.25, 0.3) is 0 Å². The Labute approximate surface area is 209 Å². The molecular formula is C26H29ClN2O6. The van der Waals surface area contributed by atoms with Gasteiger partial charge in [-0.25, -0.2) is 0 Å². The van der Waals surface area contributed by atoms with Crippen LogP contribution in [0.4, 0.5) is 5.69 Å². The number of fused-ring (bicyclic) bond motifs is 2. The van der Waals surface area contributed by atoms with Gasteiger partial charge in [0.05, 0.1) is 35.4 Å². The monoisotopic (exact) mass is 500 g/mol. The predicted molar refractivity (Wildman–Crippen MR) is 129 cm³/mol. The van der Waals surface area contributed by atoms with Crippen molar-refractivity contribution < 1.29 is 29.0 Å². The molecule has 2 fully saturated rings. The molecule has 0 aliphatic carbocycles. The number of benzene rings is 1. The van der Waals surface area contributed by atoms with Crippen LogP contribution in [0.15, 0.2) is 42.5 Å². The molecule has 1 aromatic carbocycles. The molecule has 6 atom stereocenters. The summed E-state index contributed by atoms with van der Waals surface area (Å²) in [7, 11) is 0. The Morgan fingerprint density at radius 2 is 1.97 bits per heavy atom. The molecule has 2 amide bonds. The van der Waals surface area contributed by atoms with Crippen molar-refractivity contribution in [2.45, 2.75) is 44.6 Å². The quantitative estimate of drug-likeness (QED) is 0.503. The fraction of sp³-hybridized carbons (Fsp3) is 0.500. The second-order valence-electron chi connectivity index (χ2n) is 9.90. The summed E-state index contributed by atoms with van der Waals surface area (Å²) in [6, 6.07) is 3.68. The van der Waals surface area contributed by atoms with Crippen molar-refractivity contribution in [2.24, 2.45) is 17.8 Å². The first-order valence-electron chi connectivity index (χ1n) is 11.9. The number of carbonyl (C=O) groups excluding carboxylic acids is 3. The van der Waals surface area contributed by atoms with Gasteiger partial charge in [0.2, 0.25) is 5.91 Å². The summed E-state index contributed by atoms with van der Waals surface area (Å²) in [6.07, 6.45) is 6.30. The third-order valence-corrected chi connectivity index (χ3v) is 7.93. The number of halogens is 1. The average molecular weight is 501 g/mol. The summed E-state index contributed by atoms with van der Waals surface area (Å²) in [6.45, 7) is 5.64. The van der Waals surface area contributed by atoms with Crippen LogP contribution in [0.2, 0.25) is 5.02 Å². The summed E-state index contributed by atoms with van der Waals surface area (Å²) in [4.78, 5) is 44.4. The number of amides is 2. The smallest absolute Gasteiger partial charge is 0.313 e. The van der Waals surface area contributed by atoms with Crippen LogP contribution in [0.5, 0.6) is 0 Å². The van der Waals surface area contributed by atoms with Gasteiger partial charge in [-0.2, -0.15) is 0 Å². The lowest BCUT2D eigenvalue weighted by molar-refractivity contribution is -0.154. The Hall–Kier alpha value is -2.68. The highest BCUT2D eigenvalue weighted by Gasteiger charge is 2.72. The van der Waals surface area contributed by atoms with E-state index in [-0.39, 0.29) is 31.6 Å². The van der Waals surface area contributed by atoms with Gasteiger partial charge in [-0.1, -0.05) is 55.8 Å². The molecule has 8 nitrogen and oxygen atoms in total. The number of aryl methyl sites for hydroxylation is 1. The minimum atomic E-state index is -1.38. The van der Waals surface area contributed by atoms with Crippen LogP contribution >= 0.6 is 11.6 Å². The van der Waals surface area contributed by atoms with E-state index < -0.39 is 47.5 Å². The SMILES string of the molecule is Cc1cccc(Cl)c1N1CC=C[C@]23O[C@@H]4C=CCOC(=O)[C@@H]4[C@H]2C(=O)N([C@@H](CO)C(C)C)C3C1=O. The number of ether oxygens (including phenoxy) is 2. The lowest BCUT2D eigenvalue weighted by atomic mass is 9.78. The highest BCUT2D eigenvalue weighted by Crippen LogP contribution is 2.54. The van der Waals surface area contributed by atoms with E-state index in [0.717, 1.165) is 5.56 Å². The van der Waals surface area contributed by atoms with Crippen LogP contribution in [-0.2, 0) is 23.9 Å². The number of likely N-dealkylation sites (tertiary alicyclic amines) is 1. The van der Waals surface area contributed by atoms with Crippen LogP contribution < -0.4 is 4.90 Å². The number of anilines is 1. The molecule has 1 spiro atoms. The summed E-state index contributed by atoms with van der Waals surface area (Å²) in [5.74, 6) is -3.26. The first-order chi connectivity index (χ1) is 16.7. The molecule has 1 unspecified atom stereocenters. The normalized spacial score (nSPS) is 32.8. The Morgan fingerprint density at radius 3 is 2.66 bits per heavy atom. The standard InChI is InChI=1S/C26H29ClN2O6/c1-14(2)17(13-30)29-22-24(32)28(21-15(3)7-4-8-16(21)27)11-6-10-26(22)20(23(29)31)19-18(35-26)9-5-12-34-25(19)33/h4-10,14,17-20,22,30H,11-13H2,1-3H3/t17-,18+,19-,20-,22?,26-/m0/s1. The molecular weight excluding hydrogens is 472 g/mol. The molecule has 4 aliphatic heterocycles.